The van der Waals surface area contributed by atoms with Gasteiger partial charge in [0.1, 0.15) is 11.4 Å². The van der Waals surface area contributed by atoms with E-state index in [1.807, 2.05) is 13.0 Å². The molecular formula is C16H21N5O2. The molecule has 122 valence electrons. The minimum atomic E-state index is -0.544. The summed E-state index contributed by atoms with van der Waals surface area (Å²) in [5, 5.41) is 5.86. The molecule has 0 saturated heterocycles. The first-order chi connectivity index (χ1) is 10.8. The normalized spacial score (nSPS) is 12.3. The summed E-state index contributed by atoms with van der Waals surface area (Å²) in [6, 6.07) is 3.53. The van der Waals surface area contributed by atoms with Gasteiger partial charge in [-0.3, -0.25) is 15.3 Å². The van der Waals surface area contributed by atoms with E-state index in [0.717, 1.165) is 11.4 Å². The minimum absolute atomic E-state index is 0.00448. The molecular weight excluding hydrogens is 294 g/mol. The molecule has 0 saturated carbocycles. The molecule has 2 heterocycles. The van der Waals surface area contributed by atoms with E-state index in [2.05, 4.69) is 25.6 Å². The Morgan fingerprint density at radius 1 is 1.17 bits per heavy atom. The van der Waals surface area contributed by atoms with Gasteiger partial charge in [0.15, 0.2) is 0 Å². The highest BCUT2D eigenvalue weighted by atomic mass is 16.6. The van der Waals surface area contributed by atoms with Crippen LogP contribution in [-0.2, 0) is 4.74 Å². The van der Waals surface area contributed by atoms with Crippen LogP contribution in [-0.4, -0.2) is 26.6 Å². The second-order valence-electron chi connectivity index (χ2n) is 6.06. The predicted molar refractivity (Wildman–Crippen MR) is 88.2 cm³/mol. The van der Waals surface area contributed by atoms with E-state index in [1.54, 1.807) is 51.6 Å². The SMILES string of the molecule is CC(Nc1ccc(NC(=O)OC(C)(C)C)nc1)c1cnccn1. The quantitative estimate of drug-likeness (QED) is 0.899. The smallest absolute Gasteiger partial charge is 0.413 e. The van der Waals surface area contributed by atoms with Crippen molar-refractivity contribution in [2.75, 3.05) is 10.6 Å². The molecule has 0 fully saturated rings. The van der Waals surface area contributed by atoms with E-state index in [0.29, 0.717) is 5.82 Å². The second-order valence-corrected chi connectivity index (χ2v) is 6.06. The molecule has 0 aromatic carbocycles. The summed E-state index contributed by atoms with van der Waals surface area (Å²) in [4.78, 5) is 24.1. The van der Waals surface area contributed by atoms with Crippen LogP contribution in [0, 0.1) is 0 Å². The summed E-state index contributed by atoms with van der Waals surface area (Å²) in [5.41, 5.74) is 1.11. The van der Waals surface area contributed by atoms with Gasteiger partial charge in [-0.05, 0) is 39.8 Å². The van der Waals surface area contributed by atoms with Gasteiger partial charge in [-0.2, -0.15) is 0 Å². The van der Waals surface area contributed by atoms with Gasteiger partial charge in [0.2, 0.25) is 0 Å². The van der Waals surface area contributed by atoms with Crippen LogP contribution in [0.1, 0.15) is 39.4 Å². The molecule has 1 amide bonds. The number of carbonyl (C=O) groups is 1. The van der Waals surface area contributed by atoms with Crippen molar-refractivity contribution in [2.45, 2.75) is 39.3 Å². The third-order valence-corrected chi connectivity index (χ3v) is 2.80. The summed E-state index contributed by atoms with van der Waals surface area (Å²) in [7, 11) is 0. The average Bonchev–Trinajstić information content (AvgIpc) is 2.48. The molecule has 0 aliphatic carbocycles. The van der Waals surface area contributed by atoms with Crippen LogP contribution in [0.25, 0.3) is 0 Å². The highest BCUT2D eigenvalue weighted by molar-refractivity contribution is 5.83. The number of carbonyl (C=O) groups excluding carboxylic acids is 1. The molecule has 1 unspecified atom stereocenters. The molecule has 23 heavy (non-hydrogen) atoms. The highest BCUT2D eigenvalue weighted by Crippen LogP contribution is 2.17. The summed E-state index contributed by atoms with van der Waals surface area (Å²) < 4.78 is 5.17. The maximum atomic E-state index is 11.7. The molecule has 2 aromatic rings. The van der Waals surface area contributed by atoms with Crippen molar-refractivity contribution in [3.8, 4) is 0 Å². The van der Waals surface area contributed by atoms with Crippen LogP contribution in [0.15, 0.2) is 36.9 Å². The predicted octanol–water partition coefficient (Wildman–Crippen LogP) is 3.39. The average molecular weight is 315 g/mol. The molecule has 0 bridgehead atoms. The Balaban J connectivity index is 1.93. The van der Waals surface area contributed by atoms with E-state index < -0.39 is 11.7 Å². The first-order valence-electron chi connectivity index (χ1n) is 7.32. The number of hydrogen-bond donors (Lipinski definition) is 2. The number of amides is 1. The molecule has 0 radical (unpaired) electrons. The van der Waals surface area contributed by atoms with Crippen LogP contribution in [0.3, 0.4) is 0 Å². The third-order valence-electron chi connectivity index (χ3n) is 2.80. The summed E-state index contributed by atoms with van der Waals surface area (Å²) in [5.74, 6) is 0.428. The number of ether oxygens (including phenoxy) is 1. The Bertz CT molecular complexity index is 638. The fraction of sp³-hybridized carbons (Fsp3) is 0.375. The number of hydrogen-bond acceptors (Lipinski definition) is 6. The van der Waals surface area contributed by atoms with Crippen molar-refractivity contribution in [3.05, 3.63) is 42.6 Å². The first-order valence-corrected chi connectivity index (χ1v) is 7.32. The van der Waals surface area contributed by atoms with Crippen LogP contribution in [0.2, 0.25) is 0 Å². The van der Waals surface area contributed by atoms with Gasteiger partial charge < -0.3 is 10.1 Å². The van der Waals surface area contributed by atoms with Gasteiger partial charge in [-0.15, -0.1) is 0 Å². The van der Waals surface area contributed by atoms with Crippen LogP contribution in [0.4, 0.5) is 16.3 Å². The van der Waals surface area contributed by atoms with Crippen LogP contribution >= 0.6 is 0 Å². The van der Waals surface area contributed by atoms with E-state index >= 15 is 0 Å². The van der Waals surface area contributed by atoms with Crippen molar-refractivity contribution >= 4 is 17.6 Å². The van der Waals surface area contributed by atoms with E-state index in [9.17, 15) is 4.79 Å². The number of nitrogens with one attached hydrogen (secondary N) is 2. The molecule has 2 aromatic heterocycles. The Morgan fingerprint density at radius 3 is 2.52 bits per heavy atom. The largest absolute Gasteiger partial charge is 0.444 e. The van der Waals surface area contributed by atoms with Crippen molar-refractivity contribution in [3.63, 3.8) is 0 Å². The summed E-state index contributed by atoms with van der Waals surface area (Å²) in [6.07, 6.45) is 6.11. The Kier molecular flexibility index (Phi) is 5.10. The van der Waals surface area contributed by atoms with Gasteiger partial charge >= 0.3 is 6.09 Å². The molecule has 7 heteroatoms. The Morgan fingerprint density at radius 2 is 1.96 bits per heavy atom. The lowest BCUT2D eigenvalue weighted by atomic mass is 10.2. The zero-order valence-corrected chi connectivity index (χ0v) is 13.7. The number of anilines is 2. The number of pyridine rings is 1. The van der Waals surface area contributed by atoms with Gasteiger partial charge in [0.05, 0.1) is 29.8 Å². The fourth-order valence-electron chi connectivity index (χ4n) is 1.82. The van der Waals surface area contributed by atoms with Crippen LogP contribution < -0.4 is 10.6 Å². The number of nitrogens with zero attached hydrogens (tertiary/aromatic N) is 3. The zero-order chi connectivity index (χ0) is 16.9. The van der Waals surface area contributed by atoms with Crippen molar-refractivity contribution in [1.82, 2.24) is 15.0 Å². The van der Waals surface area contributed by atoms with Gasteiger partial charge in [-0.25, -0.2) is 9.78 Å². The first kappa shape index (κ1) is 16.7. The maximum Gasteiger partial charge on any atom is 0.413 e. The van der Waals surface area contributed by atoms with Crippen molar-refractivity contribution < 1.29 is 9.53 Å². The second kappa shape index (κ2) is 7.04. The van der Waals surface area contributed by atoms with E-state index in [1.165, 1.54) is 0 Å². The lowest BCUT2D eigenvalue weighted by molar-refractivity contribution is 0.0635. The Labute approximate surface area is 135 Å². The molecule has 0 aliphatic rings. The lowest BCUT2D eigenvalue weighted by Crippen LogP contribution is -2.27. The van der Waals surface area contributed by atoms with Crippen molar-refractivity contribution in [1.29, 1.82) is 0 Å². The topological polar surface area (TPSA) is 89.0 Å². The summed E-state index contributed by atoms with van der Waals surface area (Å²) in [6.45, 7) is 7.40. The number of aromatic nitrogens is 3. The Hall–Kier alpha value is -2.70. The molecule has 0 aliphatic heterocycles. The molecule has 0 spiro atoms. The third kappa shape index (κ3) is 5.54. The highest BCUT2D eigenvalue weighted by Gasteiger charge is 2.16. The summed E-state index contributed by atoms with van der Waals surface area (Å²) >= 11 is 0. The van der Waals surface area contributed by atoms with Gasteiger partial charge in [0.25, 0.3) is 0 Å². The van der Waals surface area contributed by atoms with E-state index in [4.69, 9.17) is 4.74 Å². The lowest BCUT2D eigenvalue weighted by Gasteiger charge is -2.19. The zero-order valence-electron chi connectivity index (χ0n) is 13.7. The fourth-order valence-corrected chi connectivity index (χ4v) is 1.82. The van der Waals surface area contributed by atoms with E-state index in [-0.39, 0.29) is 6.04 Å². The molecule has 1 atom stereocenters. The standard InChI is InChI=1S/C16H21N5O2/c1-11(13-10-17-7-8-18-13)20-12-5-6-14(19-9-12)21-15(22)23-16(2,3)4/h5-11,20H,1-4H3,(H,19,21,22). The number of rotatable bonds is 4. The molecule has 2 N–H and O–H groups in total. The maximum absolute atomic E-state index is 11.7. The van der Waals surface area contributed by atoms with Crippen molar-refractivity contribution in [2.24, 2.45) is 0 Å². The molecule has 7 nitrogen and oxygen atoms in total. The monoisotopic (exact) mass is 315 g/mol. The minimum Gasteiger partial charge on any atom is -0.444 e. The van der Waals surface area contributed by atoms with Crippen LogP contribution in [0.5, 0.6) is 0 Å². The molecule has 2 rings (SSSR count). The van der Waals surface area contributed by atoms with Gasteiger partial charge in [-0.1, -0.05) is 0 Å². The van der Waals surface area contributed by atoms with Gasteiger partial charge in [0, 0.05) is 12.4 Å².